The van der Waals surface area contributed by atoms with E-state index in [2.05, 4.69) is 40.4 Å². The Kier molecular flexibility index (Phi) is 4.56. The minimum absolute atomic E-state index is 0.0456. The number of amides is 1. The van der Waals surface area contributed by atoms with E-state index < -0.39 is 0 Å². The third-order valence-corrected chi connectivity index (χ3v) is 6.30. The number of nitrogens with zero attached hydrogens (tertiary/aromatic N) is 6. The number of pyridine rings is 4. The van der Waals surface area contributed by atoms with Gasteiger partial charge in [0.2, 0.25) is 5.91 Å². The van der Waals surface area contributed by atoms with E-state index in [1.165, 1.54) is 0 Å². The van der Waals surface area contributed by atoms with E-state index in [0.29, 0.717) is 28.5 Å². The fourth-order valence-electron chi connectivity index (χ4n) is 4.28. The van der Waals surface area contributed by atoms with Crippen molar-refractivity contribution in [1.29, 1.82) is 0 Å². The molecule has 0 aliphatic heterocycles. The number of fused-ring (bicyclic) bond motifs is 2. The van der Waals surface area contributed by atoms with Gasteiger partial charge in [-0.2, -0.15) is 5.10 Å². The highest BCUT2D eigenvalue weighted by Crippen LogP contribution is 2.33. The first-order valence-corrected chi connectivity index (χ1v) is 11.6. The summed E-state index contributed by atoms with van der Waals surface area (Å²) in [5, 5.41) is 11.2. The van der Waals surface area contributed by atoms with Gasteiger partial charge in [-0.25, -0.2) is 15.0 Å². The van der Waals surface area contributed by atoms with Crippen molar-refractivity contribution in [1.82, 2.24) is 40.1 Å². The largest absolute Gasteiger partial charge is 0.324 e. The second-order valence-corrected chi connectivity index (χ2v) is 8.80. The van der Waals surface area contributed by atoms with Crippen molar-refractivity contribution in [2.75, 3.05) is 5.32 Å². The Balaban J connectivity index is 1.28. The Morgan fingerprint density at radius 1 is 0.889 bits per heavy atom. The summed E-state index contributed by atoms with van der Waals surface area (Å²) < 4.78 is 0. The third kappa shape index (κ3) is 3.56. The predicted molar refractivity (Wildman–Crippen MR) is 135 cm³/mol. The fraction of sp³-hybridized carbons (Fsp3) is 0.115. The van der Waals surface area contributed by atoms with Crippen molar-refractivity contribution >= 4 is 33.8 Å². The van der Waals surface area contributed by atoms with E-state index >= 15 is 0 Å². The fourth-order valence-corrected chi connectivity index (χ4v) is 4.28. The maximum atomic E-state index is 12.2. The Morgan fingerprint density at radius 2 is 1.75 bits per heavy atom. The minimum Gasteiger partial charge on any atom is -0.324 e. The SMILES string of the molecule is O=C(Nc1cncc(-c2cnc3[nH]nc(-c4nc5c(-c6ccncc6)ccnc5[nH]4)c3c2)c1)C1CC1. The lowest BCUT2D eigenvalue weighted by atomic mass is 10.1. The number of hydrogen-bond acceptors (Lipinski definition) is 7. The first-order valence-electron chi connectivity index (χ1n) is 11.6. The minimum atomic E-state index is 0.0456. The van der Waals surface area contributed by atoms with Crippen molar-refractivity contribution in [2.24, 2.45) is 5.92 Å². The van der Waals surface area contributed by atoms with Crippen molar-refractivity contribution in [3.8, 4) is 33.8 Å². The summed E-state index contributed by atoms with van der Waals surface area (Å²) in [4.78, 5) is 37.7. The van der Waals surface area contributed by atoms with E-state index in [-0.39, 0.29) is 11.8 Å². The van der Waals surface area contributed by atoms with E-state index in [4.69, 9.17) is 4.98 Å². The molecule has 0 radical (unpaired) electrons. The molecule has 36 heavy (non-hydrogen) atoms. The number of rotatable bonds is 5. The lowest BCUT2D eigenvalue weighted by Gasteiger charge is -2.06. The topological polar surface area (TPSA) is 138 Å². The average Bonchev–Trinajstić information content (AvgIpc) is 3.55. The molecule has 7 rings (SSSR count). The predicted octanol–water partition coefficient (Wildman–Crippen LogP) is 4.37. The van der Waals surface area contributed by atoms with E-state index in [1.54, 1.807) is 37.2 Å². The van der Waals surface area contributed by atoms with Gasteiger partial charge in [-0.15, -0.1) is 0 Å². The molecule has 1 aliphatic rings. The lowest BCUT2D eigenvalue weighted by molar-refractivity contribution is -0.117. The molecule has 10 nitrogen and oxygen atoms in total. The molecule has 1 saturated carbocycles. The van der Waals surface area contributed by atoms with Crippen molar-refractivity contribution in [3.63, 3.8) is 0 Å². The summed E-state index contributed by atoms with van der Waals surface area (Å²) in [5.41, 5.74) is 7.04. The Labute approximate surface area is 204 Å². The van der Waals surface area contributed by atoms with Crippen LogP contribution in [0.3, 0.4) is 0 Å². The smallest absolute Gasteiger partial charge is 0.227 e. The van der Waals surface area contributed by atoms with Gasteiger partial charge in [-0.05, 0) is 48.7 Å². The molecule has 0 spiro atoms. The Bertz CT molecular complexity index is 1750. The van der Waals surface area contributed by atoms with Crippen LogP contribution < -0.4 is 5.32 Å². The van der Waals surface area contributed by atoms with Crippen LogP contribution in [0.5, 0.6) is 0 Å². The first kappa shape index (κ1) is 20.4. The van der Waals surface area contributed by atoms with Crippen LogP contribution in [0.4, 0.5) is 5.69 Å². The number of aromatic nitrogens is 8. The Hall–Kier alpha value is -4.99. The van der Waals surface area contributed by atoms with Crippen LogP contribution in [0.2, 0.25) is 0 Å². The molecule has 0 saturated heterocycles. The molecule has 6 heterocycles. The van der Waals surface area contributed by atoms with Gasteiger partial charge in [0.25, 0.3) is 0 Å². The molecule has 0 unspecified atom stereocenters. The quantitative estimate of drug-likeness (QED) is 0.338. The van der Waals surface area contributed by atoms with Gasteiger partial charge in [-0.1, -0.05) is 0 Å². The maximum Gasteiger partial charge on any atom is 0.227 e. The molecule has 0 atom stereocenters. The van der Waals surface area contributed by atoms with Crippen molar-refractivity contribution < 1.29 is 4.79 Å². The van der Waals surface area contributed by atoms with Crippen LogP contribution in [0.25, 0.3) is 56.0 Å². The zero-order chi connectivity index (χ0) is 24.1. The zero-order valence-electron chi connectivity index (χ0n) is 18.9. The molecule has 1 amide bonds. The van der Waals surface area contributed by atoms with Crippen LogP contribution in [-0.4, -0.2) is 46.0 Å². The van der Waals surface area contributed by atoms with Crippen LogP contribution in [0, 0.1) is 5.92 Å². The van der Waals surface area contributed by atoms with Gasteiger partial charge in [0.05, 0.1) is 17.3 Å². The highest BCUT2D eigenvalue weighted by atomic mass is 16.2. The molecule has 6 aromatic heterocycles. The van der Waals surface area contributed by atoms with Crippen molar-refractivity contribution in [3.05, 3.63) is 67.5 Å². The number of H-pyrrole nitrogens is 2. The summed E-state index contributed by atoms with van der Waals surface area (Å²) in [6.45, 7) is 0. The molecule has 174 valence electrons. The summed E-state index contributed by atoms with van der Waals surface area (Å²) in [7, 11) is 0. The van der Waals surface area contributed by atoms with Gasteiger partial charge in [0.15, 0.2) is 17.1 Å². The van der Waals surface area contributed by atoms with Gasteiger partial charge in [0, 0.05) is 53.6 Å². The first-order chi connectivity index (χ1) is 17.7. The number of nitrogens with one attached hydrogen (secondary N) is 3. The number of hydrogen-bond donors (Lipinski definition) is 3. The molecule has 1 fully saturated rings. The number of carbonyl (C=O) groups excluding carboxylic acids is 1. The van der Waals surface area contributed by atoms with Crippen LogP contribution in [-0.2, 0) is 4.79 Å². The molecular formula is C26H19N9O. The molecular weight excluding hydrogens is 454 g/mol. The average molecular weight is 474 g/mol. The van der Waals surface area contributed by atoms with Crippen LogP contribution in [0.1, 0.15) is 12.8 Å². The van der Waals surface area contributed by atoms with E-state index in [0.717, 1.165) is 46.0 Å². The summed E-state index contributed by atoms with van der Waals surface area (Å²) in [6.07, 6.45) is 12.3. The van der Waals surface area contributed by atoms with Crippen LogP contribution in [0.15, 0.2) is 67.5 Å². The molecule has 10 heteroatoms. The van der Waals surface area contributed by atoms with Gasteiger partial charge in [-0.3, -0.25) is 19.9 Å². The van der Waals surface area contributed by atoms with Gasteiger partial charge < -0.3 is 10.3 Å². The number of anilines is 1. The lowest BCUT2D eigenvalue weighted by Crippen LogP contribution is -2.13. The molecule has 6 aromatic rings. The highest BCUT2D eigenvalue weighted by molar-refractivity contribution is 5.97. The normalized spacial score (nSPS) is 13.3. The standard InChI is InChI=1S/C26H19N9O/c36-26(15-1-2-15)31-18-9-16(11-28-13-18)17-10-20-22(34-35-23(20)30-12-17)25-32-21-19(5-8-29-24(21)33-25)14-3-6-27-7-4-14/h3-13,15H,1-2H2,(H,31,36)(H,29,32,33)(H,30,34,35). The second-order valence-electron chi connectivity index (χ2n) is 8.80. The third-order valence-electron chi connectivity index (χ3n) is 6.30. The maximum absolute atomic E-state index is 12.2. The van der Waals surface area contributed by atoms with Gasteiger partial charge in [0.1, 0.15) is 11.2 Å². The van der Waals surface area contributed by atoms with Crippen LogP contribution >= 0.6 is 0 Å². The molecule has 1 aliphatic carbocycles. The zero-order valence-corrected chi connectivity index (χ0v) is 18.9. The Morgan fingerprint density at radius 3 is 2.61 bits per heavy atom. The summed E-state index contributed by atoms with van der Waals surface area (Å²) >= 11 is 0. The number of carbonyl (C=O) groups is 1. The highest BCUT2D eigenvalue weighted by Gasteiger charge is 2.29. The van der Waals surface area contributed by atoms with E-state index in [1.807, 2.05) is 30.3 Å². The summed E-state index contributed by atoms with van der Waals surface area (Å²) in [6, 6.07) is 9.72. The van der Waals surface area contributed by atoms with Crippen molar-refractivity contribution in [2.45, 2.75) is 12.8 Å². The number of imidazole rings is 1. The molecule has 0 aromatic carbocycles. The van der Waals surface area contributed by atoms with E-state index in [9.17, 15) is 4.79 Å². The molecule has 3 N–H and O–H groups in total. The monoisotopic (exact) mass is 473 g/mol. The second kappa shape index (κ2) is 8.05. The molecule has 0 bridgehead atoms. The number of aromatic amines is 2. The summed E-state index contributed by atoms with van der Waals surface area (Å²) in [5.74, 6) is 0.759. The van der Waals surface area contributed by atoms with Gasteiger partial charge >= 0.3 is 0 Å².